The van der Waals surface area contributed by atoms with Crippen LogP contribution in [0.1, 0.15) is 28.9 Å². The second-order valence-corrected chi connectivity index (χ2v) is 5.86. The van der Waals surface area contributed by atoms with Gasteiger partial charge in [-0.3, -0.25) is 4.79 Å². The van der Waals surface area contributed by atoms with Crippen molar-refractivity contribution in [1.29, 1.82) is 0 Å². The minimum atomic E-state index is -0.189. The van der Waals surface area contributed by atoms with E-state index in [0.29, 0.717) is 11.4 Å². The SMILES string of the molecule is CNc1cc(C(=O)NC(C)c2ccc(Br)cc2)cc(Cl)n1. The van der Waals surface area contributed by atoms with Gasteiger partial charge in [0, 0.05) is 17.1 Å². The Morgan fingerprint density at radius 2 is 1.95 bits per heavy atom. The number of benzene rings is 1. The zero-order chi connectivity index (χ0) is 15.4. The maximum atomic E-state index is 12.3. The van der Waals surface area contributed by atoms with E-state index < -0.39 is 0 Å². The summed E-state index contributed by atoms with van der Waals surface area (Å²) in [5, 5.41) is 6.10. The number of nitrogens with one attached hydrogen (secondary N) is 2. The average molecular weight is 369 g/mol. The molecule has 2 N–H and O–H groups in total. The summed E-state index contributed by atoms with van der Waals surface area (Å²) in [6.07, 6.45) is 0. The first kappa shape index (κ1) is 15.8. The normalized spacial score (nSPS) is 11.8. The zero-order valence-corrected chi connectivity index (χ0v) is 14.0. The fraction of sp³-hybridized carbons (Fsp3) is 0.200. The zero-order valence-electron chi connectivity index (χ0n) is 11.7. The van der Waals surface area contributed by atoms with Gasteiger partial charge in [0.1, 0.15) is 11.0 Å². The molecule has 1 aromatic carbocycles. The fourth-order valence-electron chi connectivity index (χ4n) is 1.87. The topological polar surface area (TPSA) is 54.0 Å². The molecule has 2 aromatic rings. The Morgan fingerprint density at radius 3 is 2.57 bits per heavy atom. The first-order chi connectivity index (χ1) is 9.99. The molecule has 1 unspecified atom stereocenters. The Morgan fingerprint density at radius 1 is 1.29 bits per heavy atom. The van der Waals surface area contributed by atoms with E-state index in [0.717, 1.165) is 10.0 Å². The molecule has 0 aliphatic heterocycles. The summed E-state index contributed by atoms with van der Waals surface area (Å²) in [4.78, 5) is 16.3. The van der Waals surface area contributed by atoms with Crippen molar-refractivity contribution < 1.29 is 4.79 Å². The number of anilines is 1. The van der Waals surface area contributed by atoms with Gasteiger partial charge < -0.3 is 10.6 Å². The van der Waals surface area contributed by atoms with Crippen molar-refractivity contribution in [2.75, 3.05) is 12.4 Å². The van der Waals surface area contributed by atoms with Gasteiger partial charge in [0.25, 0.3) is 5.91 Å². The fourth-order valence-corrected chi connectivity index (χ4v) is 2.34. The van der Waals surface area contributed by atoms with Crippen LogP contribution in [0.25, 0.3) is 0 Å². The number of hydrogen-bond acceptors (Lipinski definition) is 3. The van der Waals surface area contributed by atoms with Crippen LogP contribution in [0.4, 0.5) is 5.82 Å². The van der Waals surface area contributed by atoms with Gasteiger partial charge in [-0.2, -0.15) is 0 Å². The molecule has 0 saturated carbocycles. The first-order valence-corrected chi connectivity index (χ1v) is 7.58. The summed E-state index contributed by atoms with van der Waals surface area (Å²) in [7, 11) is 1.73. The van der Waals surface area contributed by atoms with Gasteiger partial charge in [-0.25, -0.2) is 4.98 Å². The van der Waals surface area contributed by atoms with E-state index in [2.05, 4.69) is 31.5 Å². The van der Waals surface area contributed by atoms with E-state index in [1.165, 1.54) is 0 Å². The summed E-state index contributed by atoms with van der Waals surface area (Å²) in [6.45, 7) is 1.93. The molecule has 0 aliphatic carbocycles. The van der Waals surface area contributed by atoms with Crippen molar-refractivity contribution in [3.8, 4) is 0 Å². The molecular weight excluding hydrogens is 354 g/mol. The van der Waals surface area contributed by atoms with Crippen LogP contribution in [0.5, 0.6) is 0 Å². The van der Waals surface area contributed by atoms with Crippen LogP contribution in [0.15, 0.2) is 40.9 Å². The summed E-state index contributed by atoms with van der Waals surface area (Å²) < 4.78 is 1.00. The van der Waals surface area contributed by atoms with Gasteiger partial charge in [0.05, 0.1) is 6.04 Å². The molecule has 1 heterocycles. The van der Waals surface area contributed by atoms with Gasteiger partial charge in [0.15, 0.2) is 0 Å². The van der Waals surface area contributed by atoms with Crippen LogP contribution >= 0.6 is 27.5 Å². The van der Waals surface area contributed by atoms with E-state index in [4.69, 9.17) is 11.6 Å². The molecule has 4 nitrogen and oxygen atoms in total. The lowest BCUT2D eigenvalue weighted by molar-refractivity contribution is 0.0940. The van der Waals surface area contributed by atoms with Crippen molar-refractivity contribution in [3.05, 3.63) is 57.2 Å². The molecule has 1 amide bonds. The molecule has 2 rings (SSSR count). The van der Waals surface area contributed by atoms with E-state index >= 15 is 0 Å². The molecule has 0 spiro atoms. The van der Waals surface area contributed by atoms with Crippen molar-refractivity contribution in [2.24, 2.45) is 0 Å². The molecule has 0 radical (unpaired) electrons. The van der Waals surface area contributed by atoms with Gasteiger partial charge >= 0.3 is 0 Å². The number of carbonyl (C=O) groups excluding carboxylic acids is 1. The number of hydrogen-bond donors (Lipinski definition) is 2. The van der Waals surface area contributed by atoms with Gasteiger partial charge in [-0.1, -0.05) is 39.7 Å². The number of carbonyl (C=O) groups is 1. The molecule has 110 valence electrons. The van der Waals surface area contributed by atoms with Crippen LogP contribution in [0.2, 0.25) is 5.15 Å². The highest BCUT2D eigenvalue weighted by atomic mass is 79.9. The average Bonchev–Trinajstić information content (AvgIpc) is 2.47. The lowest BCUT2D eigenvalue weighted by atomic mass is 10.1. The predicted molar refractivity (Wildman–Crippen MR) is 88.8 cm³/mol. The van der Waals surface area contributed by atoms with Crippen molar-refractivity contribution in [3.63, 3.8) is 0 Å². The molecular formula is C15H15BrClN3O. The lowest BCUT2D eigenvalue weighted by Gasteiger charge is -2.15. The second kappa shape index (κ2) is 6.91. The Labute approximate surface area is 137 Å². The summed E-state index contributed by atoms with van der Waals surface area (Å²) in [6, 6.07) is 10.9. The highest BCUT2D eigenvalue weighted by molar-refractivity contribution is 9.10. The molecule has 6 heteroatoms. The quantitative estimate of drug-likeness (QED) is 0.801. The lowest BCUT2D eigenvalue weighted by Crippen LogP contribution is -2.26. The number of amides is 1. The maximum absolute atomic E-state index is 12.3. The third kappa shape index (κ3) is 4.19. The second-order valence-electron chi connectivity index (χ2n) is 4.56. The standard InChI is InChI=1S/C15H15BrClN3O/c1-9(10-3-5-12(16)6-4-10)19-15(21)11-7-13(17)20-14(8-11)18-2/h3-9H,1-2H3,(H,18,20)(H,19,21). The number of nitrogens with zero attached hydrogens (tertiary/aromatic N) is 1. The van der Waals surface area contributed by atoms with Crippen LogP contribution < -0.4 is 10.6 Å². The van der Waals surface area contributed by atoms with E-state index in [1.807, 2.05) is 31.2 Å². The van der Waals surface area contributed by atoms with Crippen LogP contribution in [0.3, 0.4) is 0 Å². The van der Waals surface area contributed by atoms with Gasteiger partial charge in [0.2, 0.25) is 0 Å². The minimum absolute atomic E-state index is 0.101. The number of pyridine rings is 1. The third-order valence-corrected chi connectivity index (χ3v) is 3.75. The number of rotatable bonds is 4. The summed E-state index contributed by atoms with van der Waals surface area (Å²) >= 11 is 9.30. The van der Waals surface area contributed by atoms with Crippen molar-refractivity contribution in [2.45, 2.75) is 13.0 Å². The molecule has 0 aliphatic rings. The molecule has 0 bridgehead atoms. The molecule has 1 aromatic heterocycles. The molecule has 1 atom stereocenters. The number of halogens is 2. The summed E-state index contributed by atoms with van der Waals surface area (Å²) in [5.41, 5.74) is 1.50. The summed E-state index contributed by atoms with van der Waals surface area (Å²) in [5.74, 6) is 0.371. The van der Waals surface area contributed by atoms with Gasteiger partial charge in [-0.05, 0) is 36.8 Å². The highest BCUT2D eigenvalue weighted by Crippen LogP contribution is 2.18. The van der Waals surface area contributed by atoms with Gasteiger partial charge in [-0.15, -0.1) is 0 Å². The Balaban J connectivity index is 2.13. The van der Waals surface area contributed by atoms with Crippen LogP contribution in [-0.2, 0) is 0 Å². The van der Waals surface area contributed by atoms with Crippen LogP contribution in [-0.4, -0.2) is 17.9 Å². The van der Waals surface area contributed by atoms with E-state index in [1.54, 1.807) is 19.2 Å². The molecule has 0 saturated heterocycles. The smallest absolute Gasteiger partial charge is 0.251 e. The third-order valence-electron chi connectivity index (χ3n) is 3.03. The van der Waals surface area contributed by atoms with Crippen molar-refractivity contribution in [1.82, 2.24) is 10.3 Å². The first-order valence-electron chi connectivity index (χ1n) is 6.41. The van der Waals surface area contributed by atoms with Crippen LogP contribution in [0, 0.1) is 0 Å². The largest absolute Gasteiger partial charge is 0.373 e. The monoisotopic (exact) mass is 367 g/mol. The minimum Gasteiger partial charge on any atom is -0.373 e. The Kier molecular flexibility index (Phi) is 5.20. The number of aromatic nitrogens is 1. The molecule has 21 heavy (non-hydrogen) atoms. The Hall–Kier alpha value is -1.59. The predicted octanol–water partition coefficient (Wildman–Crippen LogP) is 4.03. The molecule has 0 fully saturated rings. The van der Waals surface area contributed by atoms with E-state index in [9.17, 15) is 4.79 Å². The maximum Gasteiger partial charge on any atom is 0.251 e. The van der Waals surface area contributed by atoms with Crippen molar-refractivity contribution >= 4 is 39.3 Å². The highest BCUT2D eigenvalue weighted by Gasteiger charge is 2.13. The van der Waals surface area contributed by atoms with E-state index in [-0.39, 0.29) is 17.1 Å². The Bertz CT molecular complexity index is 646.